The molecule has 2 aromatic carbocycles. The van der Waals surface area contributed by atoms with Crippen molar-refractivity contribution in [3.05, 3.63) is 63.6 Å². The predicted molar refractivity (Wildman–Crippen MR) is 92.0 cm³/mol. The standard InChI is InChI=1S/C18H17BrN2O2/c1-23-17-7-5-13(10-16(17)19)6-8-18(22)21-12-15-4-2-3-14(9-15)11-20/h2-5,7,9-10H,6,8,12H2,1H3,(H,21,22). The third kappa shape index (κ3) is 5.11. The van der Waals surface area contributed by atoms with E-state index < -0.39 is 0 Å². The van der Waals surface area contributed by atoms with Crippen molar-refractivity contribution in [2.45, 2.75) is 19.4 Å². The normalized spacial score (nSPS) is 9.96. The summed E-state index contributed by atoms with van der Waals surface area (Å²) >= 11 is 3.44. The molecule has 0 aromatic heterocycles. The smallest absolute Gasteiger partial charge is 0.220 e. The topological polar surface area (TPSA) is 62.1 Å². The lowest BCUT2D eigenvalue weighted by Crippen LogP contribution is -2.23. The molecule has 0 aliphatic rings. The lowest BCUT2D eigenvalue weighted by Gasteiger charge is -2.08. The summed E-state index contributed by atoms with van der Waals surface area (Å²) in [4.78, 5) is 11.9. The Kier molecular flexibility index (Phi) is 6.19. The molecule has 1 N–H and O–H groups in total. The maximum absolute atomic E-state index is 11.9. The lowest BCUT2D eigenvalue weighted by atomic mass is 10.1. The van der Waals surface area contributed by atoms with Gasteiger partial charge in [0, 0.05) is 13.0 Å². The van der Waals surface area contributed by atoms with Crippen molar-refractivity contribution in [2.75, 3.05) is 7.11 Å². The van der Waals surface area contributed by atoms with Gasteiger partial charge in [-0.05, 0) is 57.7 Å². The molecule has 0 unspecified atom stereocenters. The van der Waals surface area contributed by atoms with E-state index in [-0.39, 0.29) is 5.91 Å². The maximum Gasteiger partial charge on any atom is 0.220 e. The van der Waals surface area contributed by atoms with Crippen LogP contribution < -0.4 is 10.1 Å². The van der Waals surface area contributed by atoms with Crippen LogP contribution in [0.5, 0.6) is 5.75 Å². The van der Waals surface area contributed by atoms with E-state index in [1.54, 1.807) is 19.2 Å². The van der Waals surface area contributed by atoms with E-state index in [1.807, 2.05) is 30.3 Å². The Balaban J connectivity index is 1.83. The summed E-state index contributed by atoms with van der Waals surface area (Å²) in [6.07, 6.45) is 1.07. The fourth-order valence-corrected chi connectivity index (χ4v) is 2.75. The van der Waals surface area contributed by atoms with Gasteiger partial charge in [-0.25, -0.2) is 0 Å². The molecule has 0 atom stereocenters. The number of carbonyl (C=O) groups excluding carboxylic acids is 1. The van der Waals surface area contributed by atoms with Crippen molar-refractivity contribution in [1.82, 2.24) is 5.32 Å². The molecule has 4 nitrogen and oxygen atoms in total. The molecular weight excluding hydrogens is 356 g/mol. The van der Waals surface area contributed by atoms with E-state index in [4.69, 9.17) is 10.00 Å². The summed E-state index contributed by atoms with van der Waals surface area (Å²) < 4.78 is 6.06. The van der Waals surface area contributed by atoms with Gasteiger partial charge < -0.3 is 10.1 Å². The molecule has 0 aliphatic heterocycles. The van der Waals surface area contributed by atoms with Gasteiger partial charge >= 0.3 is 0 Å². The number of halogens is 1. The van der Waals surface area contributed by atoms with Gasteiger partial charge in [-0.2, -0.15) is 5.26 Å². The second kappa shape index (κ2) is 8.35. The summed E-state index contributed by atoms with van der Waals surface area (Å²) in [7, 11) is 1.62. The van der Waals surface area contributed by atoms with Gasteiger partial charge in [-0.15, -0.1) is 0 Å². The van der Waals surface area contributed by atoms with Crippen molar-refractivity contribution in [2.24, 2.45) is 0 Å². The molecule has 0 saturated carbocycles. The molecule has 2 aromatic rings. The van der Waals surface area contributed by atoms with Crippen molar-refractivity contribution in [3.63, 3.8) is 0 Å². The number of nitriles is 1. The highest BCUT2D eigenvalue weighted by Gasteiger charge is 2.05. The highest BCUT2D eigenvalue weighted by Crippen LogP contribution is 2.25. The zero-order valence-corrected chi connectivity index (χ0v) is 14.4. The minimum Gasteiger partial charge on any atom is -0.496 e. The molecule has 0 spiro atoms. The van der Waals surface area contributed by atoms with Crippen LogP contribution in [0.25, 0.3) is 0 Å². The van der Waals surface area contributed by atoms with Gasteiger partial charge in [0.1, 0.15) is 5.75 Å². The second-order valence-corrected chi connectivity index (χ2v) is 5.91. The predicted octanol–water partition coefficient (Wildman–Crippen LogP) is 3.58. The number of aryl methyl sites for hydroxylation is 1. The van der Waals surface area contributed by atoms with Crippen LogP contribution in [0.3, 0.4) is 0 Å². The number of nitrogens with zero attached hydrogens (tertiary/aromatic N) is 1. The number of rotatable bonds is 6. The number of hydrogen-bond donors (Lipinski definition) is 1. The van der Waals surface area contributed by atoms with Crippen molar-refractivity contribution >= 4 is 21.8 Å². The molecule has 0 aliphatic carbocycles. The molecule has 0 bridgehead atoms. The Morgan fingerprint density at radius 3 is 2.78 bits per heavy atom. The van der Waals surface area contributed by atoms with Crippen LogP contribution in [0.2, 0.25) is 0 Å². The van der Waals surface area contributed by atoms with Gasteiger partial charge in [-0.3, -0.25) is 4.79 Å². The van der Waals surface area contributed by atoms with Crippen LogP contribution in [0.15, 0.2) is 46.9 Å². The molecule has 0 radical (unpaired) electrons. The molecule has 23 heavy (non-hydrogen) atoms. The van der Waals surface area contributed by atoms with Crippen LogP contribution in [-0.2, 0) is 17.8 Å². The Labute approximate surface area is 144 Å². The first kappa shape index (κ1) is 17.0. The third-order valence-electron chi connectivity index (χ3n) is 3.40. The number of hydrogen-bond acceptors (Lipinski definition) is 3. The van der Waals surface area contributed by atoms with E-state index in [0.29, 0.717) is 24.9 Å². The monoisotopic (exact) mass is 372 g/mol. The lowest BCUT2D eigenvalue weighted by molar-refractivity contribution is -0.121. The van der Waals surface area contributed by atoms with Gasteiger partial charge in [0.15, 0.2) is 0 Å². The average molecular weight is 373 g/mol. The van der Waals surface area contributed by atoms with E-state index in [0.717, 1.165) is 21.3 Å². The molecule has 0 saturated heterocycles. The quantitative estimate of drug-likeness (QED) is 0.842. The van der Waals surface area contributed by atoms with Crippen LogP contribution >= 0.6 is 15.9 Å². The summed E-state index contributed by atoms with van der Waals surface area (Å²) in [6, 6.07) is 15.1. The number of amides is 1. The van der Waals surface area contributed by atoms with Crippen molar-refractivity contribution in [1.29, 1.82) is 5.26 Å². The maximum atomic E-state index is 11.9. The molecule has 118 valence electrons. The van der Waals surface area contributed by atoms with E-state index in [1.165, 1.54) is 0 Å². The molecule has 0 heterocycles. The number of methoxy groups -OCH3 is 1. The van der Waals surface area contributed by atoms with Crippen molar-refractivity contribution < 1.29 is 9.53 Å². The Morgan fingerprint density at radius 2 is 2.09 bits per heavy atom. The van der Waals surface area contributed by atoms with Crippen LogP contribution in [0, 0.1) is 11.3 Å². The molecular formula is C18H17BrN2O2. The fourth-order valence-electron chi connectivity index (χ4n) is 2.16. The molecule has 2 rings (SSSR count). The van der Waals surface area contributed by atoms with Gasteiger partial charge in [-0.1, -0.05) is 18.2 Å². The Bertz CT molecular complexity index is 738. The first-order valence-corrected chi connectivity index (χ1v) is 8.00. The van der Waals surface area contributed by atoms with E-state index in [2.05, 4.69) is 27.3 Å². The fraction of sp³-hybridized carbons (Fsp3) is 0.222. The number of ether oxygens (including phenoxy) is 1. The second-order valence-electron chi connectivity index (χ2n) is 5.06. The SMILES string of the molecule is COc1ccc(CCC(=O)NCc2cccc(C#N)c2)cc1Br. The summed E-state index contributed by atoms with van der Waals surface area (Å²) in [5, 5.41) is 11.7. The van der Waals surface area contributed by atoms with Crippen LogP contribution in [0.1, 0.15) is 23.1 Å². The first-order valence-electron chi connectivity index (χ1n) is 7.20. The highest BCUT2D eigenvalue weighted by molar-refractivity contribution is 9.10. The number of benzene rings is 2. The molecule has 5 heteroatoms. The van der Waals surface area contributed by atoms with Gasteiger partial charge in [0.2, 0.25) is 5.91 Å². The first-order chi connectivity index (χ1) is 11.1. The molecule has 1 amide bonds. The zero-order valence-electron chi connectivity index (χ0n) is 12.8. The largest absolute Gasteiger partial charge is 0.496 e. The average Bonchev–Trinajstić information content (AvgIpc) is 2.58. The van der Waals surface area contributed by atoms with E-state index >= 15 is 0 Å². The highest BCUT2D eigenvalue weighted by atomic mass is 79.9. The van der Waals surface area contributed by atoms with Crippen LogP contribution in [0.4, 0.5) is 0 Å². The summed E-state index contributed by atoms with van der Waals surface area (Å²) in [6.45, 7) is 0.431. The number of carbonyl (C=O) groups is 1. The van der Waals surface area contributed by atoms with E-state index in [9.17, 15) is 4.79 Å². The van der Waals surface area contributed by atoms with Gasteiger partial charge in [0.05, 0.1) is 23.2 Å². The van der Waals surface area contributed by atoms with Gasteiger partial charge in [0.25, 0.3) is 0 Å². The summed E-state index contributed by atoms with van der Waals surface area (Å²) in [5.41, 5.74) is 2.59. The number of nitrogens with one attached hydrogen (secondary N) is 1. The van der Waals surface area contributed by atoms with Crippen LogP contribution in [-0.4, -0.2) is 13.0 Å². The minimum absolute atomic E-state index is 0.0145. The summed E-state index contributed by atoms with van der Waals surface area (Å²) in [5.74, 6) is 0.759. The zero-order chi connectivity index (χ0) is 16.7. The Morgan fingerprint density at radius 1 is 1.26 bits per heavy atom. The molecule has 0 fully saturated rings. The minimum atomic E-state index is -0.0145. The third-order valence-corrected chi connectivity index (χ3v) is 4.02. The van der Waals surface area contributed by atoms with Crippen molar-refractivity contribution in [3.8, 4) is 11.8 Å². The Hall–Kier alpha value is -2.32.